The normalized spacial score (nSPS) is 10.7. The number of carbonyl (C=O) groups is 2. The molecule has 0 spiro atoms. The Kier molecular flexibility index (Phi) is 8.98. The molecular formula is C23H28ClN3O3S. The summed E-state index contributed by atoms with van der Waals surface area (Å²) < 4.78 is 5.80. The topological polar surface area (TPSA) is 62.7 Å². The molecule has 0 aliphatic heterocycles. The molecule has 0 saturated heterocycles. The van der Waals surface area contributed by atoms with Crippen molar-refractivity contribution < 1.29 is 14.3 Å². The number of aryl methyl sites for hydroxylation is 1. The second-order valence-corrected chi connectivity index (χ2v) is 8.03. The number of halogens is 1. The van der Waals surface area contributed by atoms with Gasteiger partial charge in [0.2, 0.25) is 0 Å². The smallest absolute Gasteiger partial charge is 0.337 e. The summed E-state index contributed by atoms with van der Waals surface area (Å²) >= 11 is 1.52. The Bertz CT molecular complexity index is 1030. The molecule has 1 amide bonds. The molecule has 1 heterocycles. The number of amides is 1. The predicted octanol–water partition coefficient (Wildman–Crippen LogP) is 4.80. The summed E-state index contributed by atoms with van der Waals surface area (Å²) in [5.74, 6) is -0.553. The standard InChI is InChI=1S/C23H27N3O3S.ClH/c1-5-25(6-2)13-14-26(23-24-19-12-7-16(3)15-20(19)30-23)21(27)17-8-10-18(11-9-17)22(28)29-4;/h7-12,15H,5-6,13-14H2,1-4H3;1H. The molecule has 6 nitrogen and oxygen atoms in total. The highest BCUT2D eigenvalue weighted by atomic mass is 35.5. The lowest BCUT2D eigenvalue weighted by molar-refractivity contribution is 0.0600. The number of aromatic nitrogens is 1. The van der Waals surface area contributed by atoms with E-state index in [0.717, 1.165) is 35.4 Å². The summed E-state index contributed by atoms with van der Waals surface area (Å²) in [7, 11) is 1.34. The van der Waals surface area contributed by atoms with E-state index in [0.29, 0.717) is 22.8 Å². The van der Waals surface area contributed by atoms with Crippen LogP contribution in [-0.2, 0) is 4.74 Å². The van der Waals surface area contributed by atoms with E-state index < -0.39 is 5.97 Å². The fourth-order valence-corrected chi connectivity index (χ4v) is 4.31. The van der Waals surface area contributed by atoms with Crippen LogP contribution in [0.2, 0.25) is 0 Å². The molecule has 0 fully saturated rings. The van der Waals surface area contributed by atoms with Gasteiger partial charge in [-0.05, 0) is 62.0 Å². The Balaban J connectivity index is 0.00000341. The van der Waals surface area contributed by atoms with Gasteiger partial charge in [-0.3, -0.25) is 9.69 Å². The first-order chi connectivity index (χ1) is 14.5. The van der Waals surface area contributed by atoms with E-state index in [-0.39, 0.29) is 18.3 Å². The van der Waals surface area contributed by atoms with Gasteiger partial charge in [0.25, 0.3) is 5.91 Å². The summed E-state index contributed by atoms with van der Waals surface area (Å²) in [6, 6.07) is 12.7. The van der Waals surface area contributed by atoms with Crippen LogP contribution in [0.3, 0.4) is 0 Å². The molecule has 31 heavy (non-hydrogen) atoms. The van der Waals surface area contributed by atoms with E-state index in [4.69, 9.17) is 9.72 Å². The lowest BCUT2D eigenvalue weighted by atomic mass is 10.1. The Morgan fingerprint density at radius 1 is 1.00 bits per heavy atom. The number of hydrogen-bond acceptors (Lipinski definition) is 6. The van der Waals surface area contributed by atoms with Gasteiger partial charge in [0.15, 0.2) is 5.13 Å². The highest BCUT2D eigenvalue weighted by Crippen LogP contribution is 2.30. The van der Waals surface area contributed by atoms with E-state index in [1.54, 1.807) is 29.2 Å². The Hall–Kier alpha value is -2.48. The molecule has 0 unspecified atom stereocenters. The highest BCUT2D eigenvalue weighted by molar-refractivity contribution is 7.22. The maximum atomic E-state index is 13.4. The van der Waals surface area contributed by atoms with Crippen molar-refractivity contribution in [2.75, 3.05) is 38.2 Å². The fraction of sp³-hybridized carbons (Fsp3) is 0.348. The minimum atomic E-state index is -0.422. The fourth-order valence-electron chi connectivity index (χ4n) is 3.22. The molecule has 2 aromatic carbocycles. The number of carbonyl (C=O) groups excluding carboxylic acids is 2. The van der Waals surface area contributed by atoms with E-state index in [1.165, 1.54) is 18.4 Å². The quantitative estimate of drug-likeness (QED) is 0.451. The van der Waals surface area contributed by atoms with Gasteiger partial charge in [-0.2, -0.15) is 0 Å². The molecule has 3 rings (SSSR count). The van der Waals surface area contributed by atoms with Crippen LogP contribution in [-0.4, -0.2) is 55.0 Å². The molecule has 3 aromatic rings. The maximum absolute atomic E-state index is 13.4. The van der Waals surface area contributed by atoms with Gasteiger partial charge in [0, 0.05) is 18.7 Å². The largest absolute Gasteiger partial charge is 0.465 e. The van der Waals surface area contributed by atoms with Gasteiger partial charge >= 0.3 is 5.97 Å². The molecule has 0 N–H and O–H groups in total. The minimum absolute atomic E-state index is 0. The molecule has 0 aliphatic rings. The monoisotopic (exact) mass is 461 g/mol. The van der Waals surface area contributed by atoms with Crippen LogP contribution in [0.25, 0.3) is 10.2 Å². The summed E-state index contributed by atoms with van der Waals surface area (Å²) in [6.45, 7) is 9.41. The van der Waals surface area contributed by atoms with Gasteiger partial charge in [0.1, 0.15) is 0 Å². The molecule has 166 valence electrons. The molecule has 0 atom stereocenters. The number of likely N-dealkylation sites (N-methyl/N-ethyl adjacent to an activating group) is 1. The lowest BCUT2D eigenvalue weighted by Gasteiger charge is -2.24. The average Bonchev–Trinajstić information content (AvgIpc) is 3.18. The van der Waals surface area contributed by atoms with Crippen molar-refractivity contribution in [2.24, 2.45) is 0 Å². The molecule has 1 aromatic heterocycles. The third-order valence-corrected chi connectivity index (χ3v) is 6.14. The number of ether oxygens (including phenoxy) is 1. The highest BCUT2D eigenvalue weighted by Gasteiger charge is 2.22. The third kappa shape index (κ3) is 5.81. The van der Waals surface area contributed by atoms with E-state index in [9.17, 15) is 9.59 Å². The van der Waals surface area contributed by atoms with Crippen LogP contribution in [0.1, 0.15) is 40.1 Å². The van der Waals surface area contributed by atoms with E-state index in [1.807, 2.05) is 19.1 Å². The maximum Gasteiger partial charge on any atom is 0.337 e. The van der Waals surface area contributed by atoms with Gasteiger partial charge < -0.3 is 9.64 Å². The number of esters is 1. The van der Waals surface area contributed by atoms with Gasteiger partial charge in [-0.25, -0.2) is 9.78 Å². The SMILES string of the molecule is CCN(CC)CCN(C(=O)c1ccc(C(=O)OC)cc1)c1nc2ccc(C)cc2s1.Cl. The Labute approximate surface area is 193 Å². The third-order valence-electron chi connectivity index (χ3n) is 5.10. The summed E-state index contributed by atoms with van der Waals surface area (Å²) in [6.07, 6.45) is 0. The number of nitrogens with zero attached hydrogens (tertiary/aromatic N) is 3. The van der Waals surface area contributed by atoms with Crippen molar-refractivity contribution in [1.29, 1.82) is 0 Å². The van der Waals surface area contributed by atoms with Crippen LogP contribution in [0.4, 0.5) is 5.13 Å². The minimum Gasteiger partial charge on any atom is -0.465 e. The first-order valence-electron chi connectivity index (χ1n) is 10.1. The van der Waals surface area contributed by atoms with Crippen molar-refractivity contribution in [2.45, 2.75) is 20.8 Å². The van der Waals surface area contributed by atoms with Gasteiger partial charge in [-0.15, -0.1) is 12.4 Å². The van der Waals surface area contributed by atoms with Crippen LogP contribution in [0, 0.1) is 6.92 Å². The van der Waals surface area contributed by atoms with E-state index in [2.05, 4.69) is 24.8 Å². The Morgan fingerprint density at radius 3 is 2.26 bits per heavy atom. The first kappa shape index (κ1) is 24.8. The molecule has 0 radical (unpaired) electrons. The molecule has 0 bridgehead atoms. The zero-order valence-electron chi connectivity index (χ0n) is 18.3. The van der Waals surface area contributed by atoms with Crippen molar-refractivity contribution in [3.05, 3.63) is 59.2 Å². The summed E-state index contributed by atoms with van der Waals surface area (Å²) in [4.78, 5) is 33.8. The number of anilines is 1. The lowest BCUT2D eigenvalue weighted by Crippen LogP contribution is -2.38. The van der Waals surface area contributed by atoms with Gasteiger partial charge in [-0.1, -0.05) is 31.3 Å². The van der Waals surface area contributed by atoms with Crippen LogP contribution in [0.15, 0.2) is 42.5 Å². The average molecular weight is 462 g/mol. The first-order valence-corrected chi connectivity index (χ1v) is 10.9. The van der Waals surface area contributed by atoms with Crippen molar-refractivity contribution in [3.63, 3.8) is 0 Å². The second kappa shape index (κ2) is 11.2. The van der Waals surface area contributed by atoms with Crippen LogP contribution < -0.4 is 4.90 Å². The van der Waals surface area contributed by atoms with Crippen molar-refractivity contribution in [1.82, 2.24) is 9.88 Å². The number of fused-ring (bicyclic) bond motifs is 1. The number of rotatable bonds is 8. The number of methoxy groups -OCH3 is 1. The summed E-state index contributed by atoms with van der Waals surface area (Å²) in [5, 5.41) is 0.685. The Morgan fingerprint density at radius 2 is 1.65 bits per heavy atom. The zero-order chi connectivity index (χ0) is 21.7. The van der Waals surface area contributed by atoms with Crippen molar-refractivity contribution >= 4 is 51.0 Å². The van der Waals surface area contributed by atoms with Gasteiger partial charge in [0.05, 0.1) is 22.9 Å². The number of hydrogen-bond donors (Lipinski definition) is 0. The van der Waals surface area contributed by atoms with E-state index >= 15 is 0 Å². The molecular weight excluding hydrogens is 434 g/mol. The number of benzene rings is 2. The molecule has 0 saturated carbocycles. The molecule has 0 aliphatic carbocycles. The van der Waals surface area contributed by atoms with Crippen molar-refractivity contribution in [3.8, 4) is 0 Å². The second-order valence-electron chi connectivity index (χ2n) is 7.02. The predicted molar refractivity (Wildman–Crippen MR) is 129 cm³/mol. The van der Waals surface area contributed by atoms with Crippen LogP contribution in [0.5, 0.6) is 0 Å². The summed E-state index contributed by atoms with van der Waals surface area (Å²) in [5.41, 5.74) is 2.98. The number of thiazole rings is 1. The molecule has 8 heteroatoms. The van der Waals surface area contributed by atoms with Crippen LogP contribution >= 0.6 is 23.7 Å². The zero-order valence-corrected chi connectivity index (χ0v) is 19.9.